The van der Waals surface area contributed by atoms with Crippen LogP contribution in [0.2, 0.25) is 0 Å². The lowest BCUT2D eigenvalue weighted by molar-refractivity contribution is 0.236. The summed E-state index contributed by atoms with van der Waals surface area (Å²) in [7, 11) is 0. The van der Waals surface area contributed by atoms with Crippen molar-refractivity contribution in [3.63, 3.8) is 0 Å². The van der Waals surface area contributed by atoms with Crippen LogP contribution in [0.25, 0.3) is 0 Å². The van der Waals surface area contributed by atoms with Crippen molar-refractivity contribution in [3.8, 4) is 5.75 Å². The zero-order valence-corrected chi connectivity index (χ0v) is 16.3. The van der Waals surface area contributed by atoms with E-state index in [4.69, 9.17) is 4.74 Å². The number of hydrogen-bond acceptors (Lipinski definition) is 1. The summed E-state index contributed by atoms with van der Waals surface area (Å²) in [6.07, 6.45) is 1.18. The maximum absolute atomic E-state index is 6.20. The minimum atomic E-state index is -0.0226. The van der Waals surface area contributed by atoms with E-state index in [1.165, 1.54) is 22.3 Å². The summed E-state index contributed by atoms with van der Waals surface area (Å²) in [5, 5.41) is 0. The topological polar surface area (TPSA) is 9.23 Å². The lowest BCUT2D eigenvalue weighted by Gasteiger charge is -2.29. The molecule has 0 saturated carbocycles. The van der Waals surface area contributed by atoms with Gasteiger partial charge in [-0.25, -0.2) is 0 Å². The van der Waals surface area contributed by atoms with Gasteiger partial charge in [-0.2, -0.15) is 0 Å². The van der Waals surface area contributed by atoms with Crippen molar-refractivity contribution in [1.82, 2.24) is 0 Å². The molecule has 0 aliphatic carbocycles. The molecule has 1 nitrogen and oxygen atoms in total. The van der Waals surface area contributed by atoms with Crippen LogP contribution in [-0.4, -0.2) is 6.10 Å². The van der Waals surface area contributed by atoms with Crippen LogP contribution in [0.4, 0.5) is 0 Å². The van der Waals surface area contributed by atoms with Crippen molar-refractivity contribution in [1.29, 1.82) is 0 Å². The summed E-state index contributed by atoms with van der Waals surface area (Å²) in [5.74, 6) is 1.53. The Hall–Kier alpha value is -1.76. The fourth-order valence-corrected chi connectivity index (χ4v) is 3.17. The summed E-state index contributed by atoms with van der Waals surface area (Å²) in [6, 6.07) is 15.5. The first-order valence-electron chi connectivity index (χ1n) is 9.16. The van der Waals surface area contributed by atoms with Crippen LogP contribution >= 0.6 is 0 Å². The van der Waals surface area contributed by atoms with Crippen molar-refractivity contribution in [3.05, 3.63) is 64.7 Å². The Kier molecular flexibility index (Phi) is 5.74. The van der Waals surface area contributed by atoms with E-state index >= 15 is 0 Å². The highest BCUT2D eigenvalue weighted by Crippen LogP contribution is 2.39. The van der Waals surface area contributed by atoms with Gasteiger partial charge >= 0.3 is 0 Å². The van der Waals surface area contributed by atoms with Crippen LogP contribution in [0.5, 0.6) is 5.75 Å². The Balaban J connectivity index is 2.62. The fourth-order valence-electron chi connectivity index (χ4n) is 3.17. The van der Waals surface area contributed by atoms with E-state index in [1.54, 1.807) is 0 Å². The molecular formula is C23H32O. The molecule has 0 aliphatic heterocycles. The molecule has 2 aromatic carbocycles. The van der Waals surface area contributed by atoms with E-state index in [-0.39, 0.29) is 11.5 Å². The van der Waals surface area contributed by atoms with Gasteiger partial charge < -0.3 is 4.74 Å². The second-order valence-electron chi connectivity index (χ2n) is 7.72. The Labute approximate surface area is 148 Å². The normalized spacial score (nSPS) is 12.0. The lowest BCUT2D eigenvalue weighted by atomic mass is 9.76. The standard InChI is InChI=1S/C23H32O/c1-8-18-14-20(23(6,7)19-12-10-9-11-13-19)15-21(16(2)3)22(18)24-17(4)5/h9-17H,8H2,1-7H3. The molecule has 0 unspecified atom stereocenters. The molecule has 0 saturated heterocycles. The number of rotatable bonds is 6. The Morgan fingerprint density at radius 2 is 1.54 bits per heavy atom. The van der Waals surface area contributed by atoms with Gasteiger partial charge in [-0.1, -0.05) is 77.1 Å². The molecule has 1 heteroatoms. The van der Waals surface area contributed by atoms with Gasteiger partial charge in [0.2, 0.25) is 0 Å². The van der Waals surface area contributed by atoms with Crippen molar-refractivity contribution in [2.45, 2.75) is 72.3 Å². The molecule has 0 bridgehead atoms. The Morgan fingerprint density at radius 3 is 2.04 bits per heavy atom. The molecule has 0 atom stereocenters. The zero-order valence-electron chi connectivity index (χ0n) is 16.3. The Morgan fingerprint density at radius 1 is 0.917 bits per heavy atom. The number of ether oxygens (including phenoxy) is 1. The number of benzene rings is 2. The highest BCUT2D eigenvalue weighted by molar-refractivity contribution is 5.50. The van der Waals surface area contributed by atoms with Gasteiger partial charge in [-0.05, 0) is 48.4 Å². The summed E-state index contributed by atoms with van der Waals surface area (Å²) in [6.45, 7) is 15.5. The minimum Gasteiger partial charge on any atom is -0.490 e. The van der Waals surface area contributed by atoms with E-state index in [1.807, 2.05) is 0 Å². The Bertz CT molecular complexity index is 666. The van der Waals surface area contributed by atoms with Gasteiger partial charge in [-0.15, -0.1) is 0 Å². The quantitative estimate of drug-likeness (QED) is 0.590. The molecule has 2 aromatic rings. The van der Waals surface area contributed by atoms with E-state index in [0.29, 0.717) is 5.92 Å². The van der Waals surface area contributed by atoms with Crippen LogP contribution in [0.15, 0.2) is 42.5 Å². The summed E-state index contributed by atoms with van der Waals surface area (Å²) < 4.78 is 6.20. The monoisotopic (exact) mass is 324 g/mol. The first kappa shape index (κ1) is 18.6. The summed E-state index contributed by atoms with van der Waals surface area (Å²) in [5.41, 5.74) is 5.33. The molecule has 0 N–H and O–H groups in total. The predicted octanol–water partition coefficient (Wildman–Crippen LogP) is 6.49. The fraction of sp³-hybridized carbons (Fsp3) is 0.478. The molecule has 130 valence electrons. The van der Waals surface area contributed by atoms with Gasteiger partial charge in [0.1, 0.15) is 5.75 Å². The first-order valence-corrected chi connectivity index (χ1v) is 9.16. The van der Waals surface area contributed by atoms with Gasteiger partial charge in [-0.3, -0.25) is 0 Å². The van der Waals surface area contributed by atoms with Crippen LogP contribution in [0.1, 0.15) is 76.6 Å². The van der Waals surface area contributed by atoms with Crippen LogP contribution < -0.4 is 4.74 Å². The van der Waals surface area contributed by atoms with Crippen molar-refractivity contribution in [2.24, 2.45) is 0 Å². The molecule has 0 aliphatic rings. The average molecular weight is 325 g/mol. The number of aryl methyl sites for hydroxylation is 1. The highest BCUT2D eigenvalue weighted by Gasteiger charge is 2.26. The zero-order chi connectivity index (χ0) is 17.9. The molecule has 0 amide bonds. The lowest BCUT2D eigenvalue weighted by Crippen LogP contribution is -2.20. The molecule has 2 rings (SSSR count). The third-order valence-corrected chi connectivity index (χ3v) is 4.77. The van der Waals surface area contributed by atoms with Gasteiger partial charge in [0.15, 0.2) is 0 Å². The second-order valence-corrected chi connectivity index (χ2v) is 7.72. The second kappa shape index (κ2) is 7.42. The van der Waals surface area contributed by atoms with E-state index in [0.717, 1.165) is 12.2 Å². The van der Waals surface area contributed by atoms with Crippen molar-refractivity contribution >= 4 is 0 Å². The van der Waals surface area contributed by atoms with Crippen LogP contribution in [0, 0.1) is 0 Å². The summed E-state index contributed by atoms with van der Waals surface area (Å²) in [4.78, 5) is 0. The van der Waals surface area contributed by atoms with Gasteiger partial charge in [0.05, 0.1) is 6.10 Å². The van der Waals surface area contributed by atoms with Gasteiger partial charge in [0, 0.05) is 5.41 Å². The maximum Gasteiger partial charge on any atom is 0.126 e. The molecule has 0 radical (unpaired) electrons. The van der Waals surface area contributed by atoms with Crippen LogP contribution in [-0.2, 0) is 11.8 Å². The van der Waals surface area contributed by atoms with E-state index in [9.17, 15) is 0 Å². The molecule has 0 aromatic heterocycles. The third kappa shape index (κ3) is 3.83. The molecule has 0 fully saturated rings. The SMILES string of the molecule is CCc1cc(C(C)(C)c2ccccc2)cc(C(C)C)c1OC(C)C. The largest absolute Gasteiger partial charge is 0.490 e. The third-order valence-electron chi connectivity index (χ3n) is 4.77. The predicted molar refractivity (Wildman–Crippen MR) is 104 cm³/mol. The van der Waals surface area contributed by atoms with E-state index in [2.05, 4.69) is 90.9 Å². The van der Waals surface area contributed by atoms with Crippen LogP contribution in [0.3, 0.4) is 0 Å². The first-order chi connectivity index (χ1) is 11.3. The number of hydrogen-bond donors (Lipinski definition) is 0. The average Bonchev–Trinajstić information content (AvgIpc) is 2.54. The van der Waals surface area contributed by atoms with Crippen molar-refractivity contribution < 1.29 is 4.74 Å². The van der Waals surface area contributed by atoms with Crippen molar-refractivity contribution in [2.75, 3.05) is 0 Å². The molecule has 0 spiro atoms. The summed E-state index contributed by atoms with van der Waals surface area (Å²) >= 11 is 0. The minimum absolute atomic E-state index is 0.0226. The van der Waals surface area contributed by atoms with Gasteiger partial charge in [0.25, 0.3) is 0 Å². The molecule has 0 heterocycles. The highest BCUT2D eigenvalue weighted by atomic mass is 16.5. The molecular weight excluding hydrogens is 292 g/mol. The maximum atomic E-state index is 6.20. The molecule has 24 heavy (non-hydrogen) atoms. The van der Waals surface area contributed by atoms with E-state index < -0.39 is 0 Å². The smallest absolute Gasteiger partial charge is 0.126 e.